The van der Waals surface area contributed by atoms with Crippen molar-refractivity contribution in [1.82, 2.24) is 0 Å². The van der Waals surface area contributed by atoms with Gasteiger partial charge < -0.3 is 5.73 Å². The minimum atomic E-state index is 0.397. The molecule has 0 amide bonds. The first kappa shape index (κ1) is 5.19. The second-order valence-electron chi connectivity index (χ2n) is 2.48. The van der Waals surface area contributed by atoms with E-state index < -0.39 is 0 Å². The van der Waals surface area contributed by atoms with Gasteiger partial charge in [-0.15, -0.1) is 0 Å². The van der Waals surface area contributed by atoms with Crippen molar-refractivity contribution in [2.45, 2.75) is 0 Å². The van der Waals surface area contributed by atoms with Crippen LogP contribution in [-0.2, 0) is 0 Å². The van der Waals surface area contributed by atoms with Gasteiger partial charge in [0.25, 0.3) is 0 Å². The van der Waals surface area contributed by atoms with Crippen molar-refractivity contribution in [3.63, 3.8) is 0 Å². The molecular weight excluding hydrogens is 134 g/mol. The van der Waals surface area contributed by atoms with Crippen LogP contribution < -0.4 is 5.73 Å². The van der Waals surface area contributed by atoms with Crippen LogP contribution in [0.3, 0.4) is 0 Å². The van der Waals surface area contributed by atoms with E-state index in [0.717, 1.165) is 10.8 Å². The highest BCUT2D eigenvalue weighted by molar-refractivity contribution is 5.92. The second kappa shape index (κ2) is 2.27. The maximum absolute atomic E-state index is 7.48. The third-order valence-electron chi connectivity index (χ3n) is 1.75. The van der Waals surface area contributed by atoms with Crippen molar-refractivity contribution >= 4 is 16.5 Å². The van der Waals surface area contributed by atoms with Crippen molar-refractivity contribution < 1.29 is 1.37 Å². The van der Waals surface area contributed by atoms with Gasteiger partial charge in [0.1, 0.15) is 0 Å². The first-order valence-corrected chi connectivity index (χ1v) is 3.53. The lowest BCUT2D eigenvalue weighted by Gasteiger charge is -1.98. The van der Waals surface area contributed by atoms with E-state index in [1.807, 2.05) is 30.3 Å². The van der Waals surface area contributed by atoms with E-state index in [-0.39, 0.29) is 0 Å². The number of benzene rings is 2. The Hall–Kier alpha value is -1.50. The van der Waals surface area contributed by atoms with Crippen molar-refractivity contribution in [2.24, 2.45) is 0 Å². The van der Waals surface area contributed by atoms with Crippen LogP contribution in [0.4, 0.5) is 5.69 Å². The highest BCUT2D eigenvalue weighted by Gasteiger charge is 1.92. The van der Waals surface area contributed by atoms with E-state index in [1.54, 1.807) is 6.07 Å². The molecule has 2 rings (SSSR count). The lowest BCUT2D eigenvalue weighted by molar-refractivity contribution is 1.73. The molecule has 1 nitrogen and oxygen atoms in total. The highest BCUT2D eigenvalue weighted by atomic mass is 14.5. The van der Waals surface area contributed by atoms with Crippen molar-refractivity contribution in [2.75, 3.05) is 5.73 Å². The van der Waals surface area contributed by atoms with E-state index in [1.165, 1.54) is 0 Å². The molecule has 1 heteroatoms. The fourth-order valence-corrected chi connectivity index (χ4v) is 1.19. The Morgan fingerprint density at radius 1 is 1.09 bits per heavy atom. The van der Waals surface area contributed by atoms with Crippen LogP contribution in [0, 0.1) is 0 Å². The summed E-state index contributed by atoms with van der Waals surface area (Å²) in [6.45, 7) is 0. The topological polar surface area (TPSA) is 26.0 Å². The Bertz CT molecular complexity index is 423. The molecular formula is C10H9N. The van der Waals surface area contributed by atoms with Gasteiger partial charge in [-0.05, 0) is 11.4 Å². The molecule has 0 aliphatic carbocycles. The van der Waals surface area contributed by atoms with Gasteiger partial charge >= 0.3 is 0 Å². The van der Waals surface area contributed by atoms with Crippen LogP contribution in [-0.4, -0.2) is 0 Å². The largest absolute Gasteiger partial charge is 0.398 e. The summed E-state index contributed by atoms with van der Waals surface area (Å²) in [7, 11) is 0. The molecule has 0 bridgehead atoms. The average Bonchev–Trinajstić information content (AvgIpc) is 2.12. The Kier molecular flexibility index (Phi) is 1.07. The molecule has 0 unspecified atom stereocenters. The van der Waals surface area contributed by atoms with Crippen molar-refractivity contribution in [3.8, 4) is 0 Å². The summed E-state index contributed by atoms with van der Waals surface area (Å²) < 4.78 is 7.48. The van der Waals surface area contributed by atoms with Crippen LogP contribution in [0.2, 0.25) is 0 Å². The predicted octanol–water partition coefficient (Wildman–Crippen LogP) is 2.42. The van der Waals surface area contributed by atoms with Gasteiger partial charge in [-0.3, -0.25) is 0 Å². The molecule has 0 aliphatic rings. The molecule has 0 heterocycles. The number of fused-ring (bicyclic) bond motifs is 1. The first-order chi connectivity index (χ1) is 5.79. The van der Waals surface area contributed by atoms with E-state index >= 15 is 0 Å². The van der Waals surface area contributed by atoms with E-state index in [0.29, 0.717) is 11.7 Å². The number of nitrogens with two attached hydrogens (primary N) is 1. The maximum atomic E-state index is 7.48. The molecule has 0 fully saturated rings. The number of rotatable bonds is 0. The lowest BCUT2D eigenvalue weighted by atomic mass is 10.1. The third kappa shape index (κ3) is 0.944. The highest BCUT2D eigenvalue weighted by Crippen LogP contribution is 2.19. The second-order valence-corrected chi connectivity index (χ2v) is 2.48. The normalized spacial score (nSPS) is 11.5. The maximum Gasteiger partial charge on any atom is 0.0645 e. The molecule has 0 saturated carbocycles. The molecule has 0 atom stereocenters. The summed E-state index contributed by atoms with van der Waals surface area (Å²) in [5.74, 6) is 0. The van der Waals surface area contributed by atoms with Crippen LogP contribution >= 0.6 is 0 Å². The zero-order chi connectivity index (χ0) is 8.55. The molecule has 0 saturated heterocycles. The van der Waals surface area contributed by atoms with Gasteiger partial charge in [0, 0.05) is 11.1 Å². The van der Waals surface area contributed by atoms with Crippen LogP contribution in [0.5, 0.6) is 0 Å². The Balaban J connectivity index is 2.91. The summed E-state index contributed by atoms with van der Waals surface area (Å²) in [6, 6.07) is 11.8. The Morgan fingerprint density at radius 3 is 2.73 bits per heavy atom. The Morgan fingerprint density at radius 2 is 1.82 bits per heavy atom. The predicted molar refractivity (Wildman–Crippen MR) is 48.4 cm³/mol. The number of hydrogen-bond acceptors (Lipinski definition) is 1. The van der Waals surface area contributed by atoms with E-state index in [4.69, 9.17) is 7.10 Å². The Labute approximate surface area is 66.9 Å². The van der Waals surface area contributed by atoms with Crippen LogP contribution in [0.1, 0.15) is 1.37 Å². The van der Waals surface area contributed by atoms with Gasteiger partial charge in [0.15, 0.2) is 0 Å². The molecule has 2 aromatic rings. The van der Waals surface area contributed by atoms with Gasteiger partial charge in [-0.2, -0.15) is 0 Å². The summed E-state index contributed by atoms with van der Waals surface area (Å²) in [6.07, 6.45) is 0. The quantitative estimate of drug-likeness (QED) is 0.564. The van der Waals surface area contributed by atoms with Gasteiger partial charge in [-0.1, -0.05) is 36.4 Å². The van der Waals surface area contributed by atoms with Gasteiger partial charge in [-0.25, -0.2) is 0 Å². The van der Waals surface area contributed by atoms with Crippen LogP contribution in [0.15, 0.2) is 42.4 Å². The molecule has 2 N–H and O–H groups in total. The summed E-state index contributed by atoms with van der Waals surface area (Å²) in [4.78, 5) is 0. The fraction of sp³-hybridized carbons (Fsp3) is 0. The first-order valence-electron chi connectivity index (χ1n) is 4.03. The monoisotopic (exact) mass is 144 g/mol. The minimum absolute atomic E-state index is 0.397. The molecule has 11 heavy (non-hydrogen) atoms. The van der Waals surface area contributed by atoms with E-state index in [2.05, 4.69) is 0 Å². The zero-order valence-electron chi connectivity index (χ0n) is 7.04. The van der Waals surface area contributed by atoms with Gasteiger partial charge in [0.2, 0.25) is 0 Å². The standard InChI is InChI=1S/C10H9N/c11-10-7-3-5-8-4-1-2-6-9(8)10/h1-7H,11H2/i7D. The molecule has 54 valence electrons. The number of hydrogen-bond donors (Lipinski definition) is 1. The number of anilines is 1. The van der Waals surface area contributed by atoms with Crippen LogP contribution in [0.25, 0.3) is 10.8 Å². The molecule has 0 spiro atoms. The third-order valence-corrected chi connectivity index (χ3v) is 1.75. The summed E-state index contributed by atoms with van der Waals surface area (Å²) >= 11 is 0. The smallest absolute Gasteiger partial charge is 0.0645 e. The van der Waals surface area contributed by atoms with E-state index in [9.17, 15) is 0 Å². The molecule has 2 aromatic carbocycles. The molecule has 0 aliphatic heterocycles. The van der Waals surface area contributed by atoms with Crippen molar-refractivity contribution in [3.05, 3.63) is 42.4 Å². The summed E-state index contributed by atoms with van der Waals surface area (Å²) in [5.41, 5.74) is 6.29. The van der Waals surface area contributed by atoms with Gasteiger partial charge in [0.05, 0.1) is 1.37 Å². The minimum Gasteiger partial charge on any atom is -0.398 e. The lowest BCUT2D eigenvalue weighted by Crippen LogP contribution is -1.84. The fourth-order valence-electron chi connectivity index (χ4n) is 1.19. The van der Waals surface area contributed by atoms with Crippen molar-refractivity contribution in [1.29, 1.82) is 0 Å². The SMILES string of the molecule is [2H]c1ccc2ccccc2c1N. The number of nitrogen functional groups attached to an aromatic ring is 1. The molecule has 0 radical (unpaired) electrons. The summed E-state index contributed by atoms with van der Waals surface area (Å²) in [5, 5.41) is 2.05. The molecule has 0 aromatic heterocycles. The zero-order valence-corrected chi connectivity index (χ0v) is 6.04. The average molecular weight is 144 g/mol.